The van der Waals surface area contributed by atoms with Gasteiger partial charge in [-0.2, -0.15) is 10.2 Å². The van der Waals surface area contributed by atoms with Gasteiger partial charge in [-0.1, -0.05) is 43.5 Å². The smallest absolute Gasteiger partial charge is 0.325 e. The van der Waals surface area contributed by atoms with Crippen LogP contribution in [-0.4, -0.2) is 33.9 Å². The van der Waals surface area contributed by atoms with Crippen LogP contribution in [0, 0.1) is 12.3 Å². The first-order chi connectivity index (χ1) is 15.5. The average molecular weight is 436 g/mol. The first-order valence-electron chi connectivity index (χ1n) is 11.3. The van der Waals surface area contributed by atoms with Gasteiger partial charge < -0.3 is 10.6 Å². The lowest BCUT2D eigenvalue weighted by molar-refractivity contribution is -0.132. The molecule has 1 spiro atoms. The van der Waals surface area contributed by atoms with E-state index >= 15 is 0 Å². The third-order valence-electron chi connectivity index (χ3n) is 6.68. The van der Waals surface area contributed by atoms with E-state index in [-0.39, 0.29) is 24.4 Å². The number of amides is 4. The maximum absolute atomic E-state index is 13.1. The third kappa shape index (κ3) is 4.67. The van der Waals surface area contributed by atoms with Crippen molar-refractivity contribution in [3.63, 3.8) is 0 Å². The average Bonchev–Trinajstić information content (AvgIpc) is 3.55. The highest BCUT2D eigenvalue weighted by Gasteiger charge is 2.51. The zero-order valence-corrected chi connectivity index (χ0v) is 18.2. The number of benzene rings is 1. The number of hydrogen-bond donors (Lipinski definition) is 2. The van der Waals surface area contributed by atoms with E-state index in [1.54, 1.807) is 0 Å². The van der Waals surface area contributed by atoms with Gasteiger partial charge in [0.25, 0.3) is 5.91 Å². The van der Waals surface area contributed by atoms with E-state index in [1.807, 2.05) is 24.3 Å². The minimum Gasteiger partial charge on any atom is -0.352 e. The SMILES string of the molecule is C#CCCC1(CCC(=O)NCc2ccccc2CN2C(=O)NC3(CCCCC3)C2=O)N=N1. The first-order valence-corrected chi connectivity index (χ1v) is 11.3. The molecule has 2 aliphatic heterocycles. The van der Waals surface area contributed by atoms with E-state index in [1.165, 1.54) is 4.90 Å². The Morgan fingerprint density at radius 2 is 1.84 bits per heavy atom. The Hall–Kier alpha value is -3.21. The van der Waals surface area contributed by atoms with Crippen LogP contribution in [0.5, 0.6) is 0 Å². The van der Waals surface area contributed by atoms with Crippen LogP contribution in [0.4, 0.5) is 4.79 Å². The van der Waals surface area contributed by atoms with Crippen LogP contribution < -0.4 is 10.6 Å². The van der Waals surface area contributed by atoms with Crippen LogP contribution in [0.25, 0.3) is 0 Å². The number of carbonyl (C=O) groups excluding carboxylic acids is 3. The Bertz CT molecular complexity index is 968. The Labute approximate surface area is 188 Å². The first kappa shape index (κ1) is 22.0. The Balaban J connectivity index is 1.33. The zero-order valence-electron chi connectivity index (χ0n) is 18.2. The van der Waals surface area contributed by atoms with Crippen LogP contribution in [0.3, 0.4) is 0 Å². The van der Waals surface area contributed by atoms with Crippen LogP contribution in [0.15, 0.2) is 34.5 Å². The summed E-state index contributed by atoms with van der Waals surface area (Å²) >= 11 is 0. The van der Waals surface area contributed by atoms with Gasteiger partial charge in [-0.15, -0.1) is 12.3 Å². The highest BCUT2D eigenvalue weighted by Crippen LogP contribution is 2.37. The zero-order chi connectivity index (χ0) is 22.6. The molecule has 8 heteroatoms. The molecule has 1 saturated carbocycles. The molecule has 0 radical (unpaired) electrons. The third-order valence-corrected chi connectivity index (χ3v) is 6.68. The van der Waals surface area contributed by atoms with Crippen molar-refractivity contribution in [2.24, 2.45) is 10.2 Å². The van der Waals surface area contributed by atoms with Crippen LogP contribution in [-0.2, 0) is 22.7 Å². The number of terminal acetylenes is 1. The lowest BCUT2D eigenvalue weighted by atomic mass is 9.81. The second-order valence-electron chi connectivity index (χ2n) is 8.90. The van der Waals surface area contributed by atoms with Crippen molar-refractivity contribution < 1.29 is 14.4 Å². The normalized spacial score (nSPS) is 20.2. The van der Waals surface area contributed by atoms with Gasteiger partial charge in [-0.25, -0.2) is 4.79 Å². The monoisotopic (exact) mass is 435 g/mol. The van der Waals surface area contributed by atoms with E-state index in [0.717, 1.165) is 30.4 Å². The molecule has 4 rings (SSSR count). The standard InChI is InChI=1S/C24H29N5O3/c1-2-3-14-24(27-28-24)15-11-20(30)25-16-18-9-5-6-10-19(18)17-29-21(31)23(26-22(29)32)12-7-4-8-13-23/h1,5-6,9-10H,3-4,7-8,11-17H2,(H,25,30)(H,26,32). The minimum absolute atomic E-state index is 0.0895. The molecule has 1 aromatic carbocycles. The molecule has 168 valence electrons. The van der Waals surface area contributed by atoms with Gasteiger partial charge in [0.1, 0.15) is 5.54 Å². The summed E-state index contributed by atoms with van der Waals surface area (Å²) in [6, 6.07) is 7.23. The maximum atomic E-state index is 13.1. The van der Waals surface area contributed by atoms with Crippen molar-refractivity contribution in [3.8, 4) is 12.3 Å². The molecule has 0 aromatic heterocycles. The van der Waals surface area contributed by atoms with Crippen molar-refractivity contribution in [1.29, 1.82) is 0 Å². The van der Waals surface area contributed by atoms with Crippen molar-refractivity contribution in [2.45, 2.75) is 82.1 Å². The lowest BCUT2D eigenvalue weighted by Gasteiger charge is -2.30. The summed E-state index contributed by atoms with van der Waals surface area (Å²) in [6.45, 7) is 0.529. The van der Waals surface area contributed by atoms with Gasteiger partial charge >= 0.3 is 6.03 Å². The number of nitrogens with one attached hydrogen (secondary N) is 2. The molecular weight excluding hydrogens is 406 g/mol. The molecule has 1 aromatic rings. The molecular formula is C24H29N5O3. The molecule has 3 aliphatic rings. The molecule has 0 unspecified atom stereocenters. The lowest BCUT2D eigenvalue weighted by Crippen LogP contribution is -2.48. The quantitative estimate of drug-likeness (QED) is 0.459. The van der Waals surface area contributed by atoms with E-state index in [4.69, 9.17) is 6.42 Å². The number of nitrogens with zero attached hydrogens (tertiary/aromatic N) is 3. The number of carbonyl (C=O) groups is 3. The number of urea groups is 1. The molecule has 1 saturated heterocycles. The van der Waals surface area contributed by atoms with E-state index in [2.05, 4.69) is 26.8 Å². The molecule has 2 heterocycles. The molecule has 0 bridgehead atoms. The van der Waals surface area contributed by atoms with Gasteiger partial charge in [-0.3, -0.25) is 14.5 Å². The van der Waals surface area contributed by atoms with Crippen LogP contribution in [0.1, 0.15) is 68.9 Å². The molecule has 8 nitrogen and oxygen atoms in total. The molecule has 0 atom stereocenters. The predicted octanol–water partition coefficient (Wildman–Crippen LogP) is 3.41. The van der Waals surface area contributed by atoms with Crippen molar-refractivity contribution in [2.75, 3.05) is 0 Å². The molecule has 2 N–H and O–H groups in total. The molecule has 4 amide bonds. The van der Waals surface area contributed by atoms with Gasteiger partial charge in [-0.05, 0) is 24.0 Å². The number of imide groups is 1. The molecule has 1 aliphatic carbocycles. The van der Waals surface area contributed by atoms with E-state index < -0.39 is 11.2 Å². The van der Waals surface area contributed by atoms with Crippen molar-refractivity contribution >= 4 is 17.8 Å². The highest BCUT2D eigenvalue weighted by molar-refractivity contribution is 6.07. The molecule has 32 heavy (non-hydrogen) atoms. The fourth-order valence-electron chi connectivity index (χ4n) is 4.63. The summed E-state index contributed by atoms with van der Waals surface area (Å²) in [7, 11) is 0. The topological polar surface area (TPSA) is 103 Å². The number of hydrogen-bond acceptors (Lipinski definition) is 5. The van der Waals surface area contributed by atoms with Gasteiger partial charge in [0.2, 0.25) is 5.91 Å². The summed E-state index contributed by atoms with van der Waals surface area (Å²) in [5, 5.41) is 14.0. The van der Waals surface area contributed by atoms with E-state index in [0.29, 0.717) is 45.1 Å². The summed E-state index contributed by atoms with van der Waals surface area (Å²) in [5.74, 6) is 2.36. The number of rotatable bonds is 9. The van der Waals surface area contributed by atoms with E-state index in [9.17, 15) is 14.4 Å². The van der Waals surface area contributed by atoms with Crippen molar-refractivity contribution in [1.82, 2.24) is 15.5 Å². The summed E-state index contributed by atoms with van der Waals surface area (Å²) in [6.07, 6.45) is 11.8. The summed E-state index contributed by atoms with van der Waals surface area (Å²) < 4.78 is 0. The minimum atomic E-state index is -0.729. The predicted molar refractivity (Wildman–Crippen MR) is 118 cm³/mol. The fraction of sp³-hybridized carbons (Fsp3) is 0.542. The van der Waals surface area contributed by atoms with Gasteiger partial charge in [0, 0.05) is 32.2 Å². The largest absolute Gasteiger partial charge is 0.352 e. The van der Waals surface area contributed by atoms with Crippen LogP contribution >= 0.6 is 0 Å². The summed E-state index contributed by atoms with van der Waals surface area (Å²) in [4.78, 5) is 39.4. The fourth-order valence-corrected chi connectivity index (χ4v) is 4.63. The Morgan fingerprint density at radius 1 is 1.12 bits per heavy atom. The van der Waals surface area contributed by atoms with Crippen LogP contribution in [0.2, 0.25) is 0 Å². The molecule has 2 fully saturated rings. The second-order valence-corrected chi connectivity index (χ2v) is 8.90. The van der Waals surface area contributed by atoms with Gasteiger partial charge in [0.15, 0.2) is 5.66 Å². The Kier molecular flexibility index (Phi) is 6.26. The van der Waals surface area contributed by atoms with Gasteiger partial charge in [0.05, 0.1) is 6.54 Å². The highest BCUT2D eigenvalue weighted by atomic mass is 16.2. The second kappa shape index (κ2) is 9.11. The Morgan fingerprint density at radius 3 is 2.53 bits per heavy atom. The van der Waals surface area contributed by atoms with Crippen molar-refractivity contribution in [3.05, 3.63) is 35.4 Å². The maximum Gasteiger partial charge on any atom is 0.325 e. The summed E-state index contributed by atoms with van der Waals surface area (Å²) in [5.41, 5.74) is 0.531.